The van der Waals surface area contributed by atoms with Gasteiger partial charge in [0.1, 0.15) is 43.5 Å². The Morgan fingerprint density at radius 3 is 2.36 bits per heavy atom. The Morgan fingerprint density at radius 2 is 1.68 bits per heavy atom. The Bertz CT molecular complexity index is 1490. The molecular weight excluding hydrogens is 644 g/mol. The van der Waals surface area contributed by atoms with Gasteiger partial charge in [-0.2, -0.15) is 0 Å². The van der Waals surface area contributed by atoms with Gasteiger partial charge in [-0.25, -0.2) is 9.78 Å². The second kappa shape index (κ2) is 18.4. The predicted molar refractivity (Wildman–Crippen MR) is 184 cm³/mol. The number of hydrogen-bond acceptors (Lipinski definition) is 10. The number of nitrogens with zero attached hydrogens (tertiary/aromatic N) is 3. The van der Waals surface area contributed by atoms with E-state index in [1.54, 1.807) is 34.1 Å². The number of pyridine rings is 1. The summed E-state index contributed by atoms with van der Waals surface area (Å²) in [5, 5.41) is 2.75. The smallest absolute Gasteiger partial charge is 0.328 e. The summed E-state index contributed by atoms with van der Waals surface area (Å²) in [5.41, 5.74) is 0.286. The first-order valence-electron chi connectivity index (χ1n) is 16.9. The minimum atomic E-state index is -0.758. The number of hydrogen-bond donors (Lipinski definition) is 1. The van der Waals surface area contributed by atoms with E-state index in [1.807, 2.05) is 12.1 Å². The maximum Gasteiger partial charge on any atom is 0.328 e. The van der Waals surface area contributed by atoms with Crippen LogP contribution >= 0.6 is 0 Å². The molecule has 3 heterocycles. The predicted octanol–water partition coefficient (Wildman–Crippen LogP) is 3.61. The van der Waals surface area contributed by atoms with Crippen LogP contribution in [0.4, 0.5) is 0 Å². The third-order valence-corrected chi connectivity index (χ3v) is 8.45. The van der Waals surface area contributed by atoms with E-state index in [1.165, 1.54) is 13.3 Å². The van der Waals surface area contributed by atoms with Gasteiger partial charge in [-0.15, -0.1) is 6.42 Å². The molecule has 2 aromatic rings. The average molecular weight is 693 g/mol. The van der Waals surface area contributed by atoms with Crippen molar-refractivity contribution in [3.05, 3.63) is 48.2 Å². The fourth-order valence-corrected chi connectivity index (χ4v) is 5.59. The molecule has 2 fully saturated rings. The zero-order valence-electron chi connectivity index (χ0n) is 29.4. The maximum absolute atomic E-state index is 12.8. The minimum Gasteiger partial charge on any atom is -0.490 e. The van der Waals surface area contributed by atoms with Crippen molar-refractivity contribution in [3.8, 4) is 29.7 Å². The molecule has 0 bridgehead atoms. The number of ether oxygens (including phenoxy) is 5. The van der Waals surface area contributed by atoms with Gasteiger partial charge in [0.15, 0.2) is 0 Å². The van der Waals surface area contributed by atoms with Crippen molar-refractivity contribution in [3.63, 3.8) is 0 Å². The van der Waals surface area contributed by atoms with E-state index in [2.05, 4.69) is 37.0 Å². The molecule has 2 aliphatic heterocycles. The number of amides is 3. The van der Waals surface area contributed by atoms with E-state index in [0.717, 1.165) is 6.42 Å². The number of terminal acetylenes is 1. The summed E-state index contributed by atoms with van der Waals surface area (Å²) < 4.78 is 27.9. The lowest BCUT2D eigenvalue weighted by Crippen LogP contribution is -2.43. The summed E-state index contributed by atoms with van der Waals surface area (Å²) in [5.74, 6) is 2.62. The van der Waals surface area contributed by atoms with Gasteiger partial charge >= 0.3 is 5.97 Å². The maximum atomic E-state index is 12.8. The lowest BCUT2D eigenvalue weighted by Gasteiger charge is -2.32. The summed E-state index contributed by atoms with van der Waals surface area (Å²) in [7, 11) is 1.30. The number of benzene rings is 1. The number of rotatable bonds is 15. The van der Waals surface area contributed by atoms with Crippen molar-refractivity contribution >= 4 is 23.7 Å². The molecule has 13 heteroatoms. The second-order valence-corrected chi connectivity index (χ2v) is 13.6. The standard InChI is InChI=1S/C37H48N4O9/c1-6-20-47-24-33(42)41-19-15-30(23-41)48-25-34(43)40-17-13-27(14-18-40)49-28-8-7-9-29(21-28)50-32-11-10-26(22-38-32)35(44)39-31(36(45)46-5)12-16-37(2,3)4/h1,7-11,21-22,27,30-31H,12-20,23-25H2,2-5H3,(H,39,44)/t30?,31-/m0/s1. The number of esters is 1. The topological polar surface area (TPSA) is 146 Å². The number of aromatic nitrogens is 1. The Labute approximate surface area is 293 Å². The van der Waals surface area contributed by atoms with E-state index in [0.29, 0.717) is 63.4 Å². The van der Waals surface area contributed by atoms with Gasteiger partial charge in [-0.05, 0) is 42.9 Å². The molecule has 0 radical (unpaired) electrons. The van der Waals surface area contributed by atoms with Crippen LogP contribution in [0.1, 0.15) is 63.2 Å². The Kier molecular flexibility index (Phi) is 14.0. The van der Waals surface area contributed by atoms with Gasteiger partial charge in [-0.1, -0.05) is 32.8 Å². The zero-order valence-corrected chi connectivity index (χ0v) is 29.4. The molecule has 1 unspecified atom stereocenters. The fraction of sp³-hybridized carbons (Fsp3) is 0.541. The summed E-state index contributed by atoms with van der Waals surface area (Å²) in [4.78, 5) is 57.8. The Balaban J connectivity index is 1.19. The number of piperidine rings is 1. The third kappa shape index (κ3) is 12.0. The van der Waals surface area contributed by atoms with Gasteiger partial charge < -0.3 is 38.8 Å². The van der Waals surface area contributed by atoms with E-state index < -0.39 is 17.9 Å². The van der Waals surface area contributed by atoms with Crippen molar-refractivity contribution in [1.82, 2.24) is 20.1 Å². The highest BCUT2D eigenvalue weighted by molar-refractivity contribution is 5.96. The molecule has 50 heavy (non-hydrogen) atoms. The molecule has 0 spiro atoms. The zero-order chi connectivity index (χ0) is 36.1. The van der Waals surface area contributed by atoms with E-state index in [9.17, 15) is 19.2 Å². The minimum absolute atomic E-state index is 0.00159. The molecular formula is C37H48N4O9. The first-order valence-corrected chi connectivity index (χ1v) is 16.9. The highest BCUT2D eigenvalue weighted by Gasteiger charge is 2.29. The Hall–Kier alpha value is -4.67. The van der Waals surface area contributed by atoms with Gasteiger partial charge in [0.2, 0.25) is 17.7 Å². The van der Waals surface area contributed by atoms with Gasteiger partial charge in [0.05, 0.1) is 18.8 Å². The average Bonchev–Trinajstić information content (AvgIpc) is 3.58. The van der Waals surface area contributed by atoms with E-state index in [4.69, 9.17) is 30.1 Å². The highest BCUT2D eigenvalue weighted by Crippen LogP contribution is 2.27. The summed E-state index contributed by atoms with van der Waals surface area (Å²) >= 11 is 0. The summed E-state index contributed by atoms with van der Waals surface area (Å²) in [6.45, 7) is 8.29. The quantitative estimate of drug-likeness (QED) is 0.167. The van der Waals surface area contributed by atoms with Crippen molar-refractivity contribution in [1.29, 1.82) is 0 Å². The normalized spacial score (nSPS) is 17.1. The first-order chi connectivity index (χ1) is 23.9. The summed E-state index contributed by atoms with van der Waals surface area (Å²) in [6, 6.07) is 9.61. The van der Waals surface area contributed by atoms with Gasteiger partial charge in [-0.3, -0.25) is 14.4 Å². The molecule has 1 N–H and O–H groups in total. The lowest BCUT2D eigenvalue weighted by molar-refractivity contribution is -0.143. The van der Waals surface area contributed by atoms with Crippen LogP contribution in [-0.4, -0.2) is 110 Å². The lowest BCUT2D eigenvalue weighted by atomic mass is 9.88. The molecule has 1 aromatic heterocycles. The number of methoxy groups -OCH3 is 1. The highest BCUT2D eigenvalue weighted by atomic mass is 16.5. The van der Waals surface area contributed by atoms with Crippen LogP contribution in [0.15, 0.2) is 42.6 Å². The first kappa shape index (κ1) is 38.1. The van der Waals surface area contributed by atoms with Crippen LogP contribution in [0.25, 0.3) is 0 Å². The molecule has 2 saturated heterocycles. The number of carbonyl (C=O) groups excluding carboxylic acids is 4. The molecule has 4 rings (SSSR count). The number of likely N-dealkylation sites (tertiary alicyclic amines) is 2. The van der Waals surface area contributed by atoms with Crippen LogP contribution in [0.3, 0.4) is 0 Å². The molecule has 270 valence electrons. The van der Waals surface area contributed by atoms with Crippen LogP contribution in [0.2, 0.25) is 0 Å². The molecule has 2 atom stereocenters. The molecule has 3 amide bonds. The van der Waals surface area contributed by atoms with Crippen LogP contribution in [0, 0.1) is 17.8 Å². The van der Waals surface area contributed by atoms with Crippen molar-refractivity contribution < 1.29 is 42.9 Å². The third-order valence-electron chi connectivity index (χ3n) is 8.45. The summed E-state index contributed by atoms with van der Waals surface area (Å²) in [6.07, 6.45) is 9.46. The molecule has 13 nitrogen and oxygen atoms in total. The monoisotopic (exact) mass is 692 g/mol. The fourth-order valence-electron chi connectivity index (χ4n) is 5.59. The second-order valence-electron chi connectivity index (χ2n) is 13.6. The van der Waals surface area contributed by atoms with Crippen molar-refractivity contribution in [2.24, 2.45) is 5.41 Å². The van der Waals surface area contributed by atoms with Crippen LogP contribution in [0.5, 0.6) is 17.4 Å². The van der Waals surface area contributed by atoms with Gasteiger partial charge in [0, 0.05) is 57.4 Å². The largest absolute Gasteiger partial charge is 0.490 e. The van der Waals surface area contributed by atoms with Crippen LogP contribution < -0.4 is 14.8 Å². The van der Waals surface area contributed by atoms with E-state index in [-0.39, 0.29) is 60.7 Å². The van der Waals surface area contributed by atoms with Crippen LogP contribution in [-0.2, 0) is 28.6 Å². The molecule has 0 saturated carbocycles. The van der Waals surface area contributed by atoms with E-state index >= 15 is 0 Å². The Morgan fingerprint density at radius 1 is 0.980 bits per heavy atom. The SMILES string of the molecule is C#CCOCC(=O)N1CCC(OCC(=O)N2CCC(Oc3cccc(Oc4ccc(C(=O)N[C@@H](CCC(C)(C)C)C(=O)OC)cn4)c3)CC2)C1. The molecule has 0 aliphatic carbocycles. The van der Waals surface area contributed by atoms with Crippen molar-refractivity contribution in [2.45, 2.75) is 71.1 Å². The molecule has 1 aromatic carbocycles. The van der Waals surface area contributed by atoms with Crippen molar-refractivity contribution in [2.75, 3.05) is 53.1 Å². The molecule has 2 aliphatic rings. The number of carbonyl (C=O) groups is 4. The van der Waals surface area contributed by atoms with Gasteiger partial charge in [0.25, 0.3) is 5.91 Å². The number of nitrogens with one attached hydrogen (secondary N) is 1.